The summed E-state index contributed by atoms with van der Waals surface area (Å²) in [7, 11) is 2.20. The fraction of sp³-hybridized carbons (Fsp3) is 1.00. The highest BCUT2D eigenvalue weighted by molar-refractivity contribution is 4.96. The summed E-state index contributed by atoms with van der Waals surface area (Å²) < 4.78 is 5.95. The van der Waals surface area contributed by atoms with Gasteiger partial charge in [-0.3, -0.25) is 0 Å². The zero-order valence-corrected chi connectivity index (χ0v) is 11.7. The normalized spacial score (nSPS) is 27.7. The van der Waals surface area contributed by atoms with E-state index in [1.165, 1.54) is 32.1 Å². The van der Waals surface area contributed by atoms with E-state index in [0.29, 0.717) is 12.1 Å². The van der Waals surface area contributed by atoms with Crippen molar-refractivity contribution in [2.45, 2.75) is 63.6 Å². The highest BCUT2D eigenvalue weighted by atomic mass is 16.5. The van der Waals surface area contributed by atoms with E-state index in [9.17, 15) is 0 Å². The van der Waals surface area contributed by atoms with Crippen LogP contribution in [0.5, 0.6) is 0 Å². The molecule has 1 saturated heterocycles. The number of rotatable bonds is 5. The predicted molar refractivity (Wildman–Crippen MR) is 71.3 cm³/mol. The first kappa shape index (κ1) is 13.3. The number of nitrogens with one attached hydrogen (secondary N) is 1. The zero-order valence-electron chi connectivity index (χ0n) is 11.7. The summed E-state index contributed by atoms with van der Waals surface area (Å²) in [4.78, 5) is 2.39. The van der Waals surface area contributed by atoms with Crippen molar-refractivity contribution < 1.29 is 4.74 Å². The molecule has 1 aliphatic carbocycles. The Morgan fingerprint density at radius 1 is 1.41 bits per heavy atom. The van der Waals surface area contributed by atoms with Gasteiger partial charge in [0.25, 0.3) is 0 Å². The number of ether oxygens (including phenoxy) is 1. The summed E-state index contributed by atoms with van der Waals surface area (Å²) in [6.07, 6.45) is 6.36. The number of hydrogen-bond acceptors (Lipinski definition) is 3. The van der Waals surface area contributed by atoms with Gasteiger partial charge in [-0.1, -0.05) is 0 Å². The van der Waals surface area contributed by atoms with Crippen molar-refractivity contribution in [3.05, 3.63) is 0 Å². The van der Waals surface area contributed by atoms with Gasteiger partial charge in [0.2, 0.25) is 0 Å². The van der Waals surface area contributed by atoms with Gasteiger partial charge in [0.15, 0.2) is 0 Å². The van der Waals surface area contributed by atoms with E-state index < -0.39 is 0 Å². The molecule has 1 unspecified atom stereocenters. The van der Waals surface area contributed by atoms with E-state index in [2.05, 4.69) is 31.1 Å². The first-order valence-corrected chi connectivity index (χ1v) is 7.19. The minimum atomic E-state index is 0.278. The monoisotopic (exact) mass is 240 g/mol. The summed E-state index contributed by atoms with van der Waals surface area (Å²) in [5, 5.41) is 3.71. The zero-order chi connectivity index (χ0) is 12.3. The molecule has 0 aromatic carbocycles. The molecule has 1 atom stereocenters. The van der Waals surface area contributed by atoms with E-state index >= 15 is 0 Å². The van der Waals surface area contributed by atoms with Crippen molar-refractivity contribution in [2.75, 3.05) is 26.7 Å². The predicted octanol–water partition coefficient (Wildman–Crippen LogP) is 2.02. The molecule has 3 nitrogen and oxygen atoms in total. The fourth-order valence-electron chi connectivity index (χ4n) is 2.82. The van der Waals surface area contributed by atoms with Gasteiger partial charge in [0, 0.05) is 31.8 Å². The highest BCUT2D eigenvalue weighted by Gasteiger charge is 2.42. The Balaban J connectivity index is 1.65. The Morgan fingerprint density at radius 3 is 2.76 bits per heavy atom. The van der Waals surface area contributed by atoms with Crippen LogP contribution in [-0.2, 0) is 4.74 Å². The molecule has 0 aromatic rings. The highest BCUT2D eigenvalue weighted by Crippen LogP contribution is 2.42. The maximum absolute atomic E-state index is 5.95. The topological polar surface area (TPSA) is 24.5 Å². The average Bonchev–Trinajstić information content (AvgIpc) is 2.27. The molecule has 100 valence electrons. The van der Waals surface area contributed by atoms with Crippen LogP contribution < -0.4 is 5.32 Å². The molecular formula is C14H28N2O. The van der Waals surface area contributed by atoms with Crippen LogP contribution >= 0.6 is 0 Å². The van der Waals surface area contributed by atoms with E-state index in [-0.39, 0.29) is 5.60 Å². The molecule has 2 aliphatic rings. The van der Waals surface area contributed by atoms with Gasteiger partial charge in [0.05, 0.1) is 5.60 Å². The standard InChI is InChI=1S/C14H28N2O/c1-12(2)16(3)9-8-15-13-5-10-17-14(11-13)6-4-7-14/h12-13,15H,4-11H2,1-3H3. The van der Waals surface area contributed by atoms with Gasteiger partial charge in [0.1, 0.15) is 0 Å². The van der Waals surface area contributed by atoms with Gasteiger partial charge in [-0.2, -0.15) is 0 Å². The third kappa shape index (κ3) is 3.43. The van der Waals surface area contributed by atoms with Crippen molar-refractivity contribution in [3.63, 3.8) is 0 Å². The summed E-state index contributed by atoms with van der Waals surface area (Å²) in [6.45, 7) is 7.70. The molecule has 1 aliphatic heterocycles. The maximum atomic E-state index is 5.95. The second kappa shape index (κ2) is 5.68. The Labute approximate surface area is 106 Å². The Kier molecular flexibility index (Phi) is 4.45. The molecule has 0 amide bonds. The molecule has 2 rings (SSSR count). The number of hydrogen-bond donors (Lipinski definition) is 1. The number of likely N-dealkylation sites (N-methyl/N-ethyl adjacent to an activating group) is 1. The van der Waals surface area contributed by atoms with Crippen LogP contribution in [0.4, 0.5) is 0 Å². The second-order valence-electron chi connectivity index (χ2n) is 6.10. The molecule has 3 heteroatoms. The largest absolute Gasteiger partial charge is 0.375 e. The van der Waals surface area contributed by atoms with E-state index in [0.717, 1.165) is 19.7 Å². The lowest BCUT2D eigenvalue weighted by atomic mass is 9.74. The first-order chi connectivity index (χ1) is 8.11. The van der Waals surface area contributed by atoms with Crippen LogP contribution in [0.25, 0.3) is 0 Å². The summed E-state index contributed by atoms with van der Waals surface area (Å²) >= 11 is 0. The molecular weight excluding hydrogens is 212 g/mol. The van der Waals surface area contributed by atoms with Crippen molar-refractivity contribution in [1.82, 2.24) is 10.2 Å². The van der Waals surface area contributed by atoms with Crippen molar-refractivity contribution >= 4 is 0 Å². The van der Waals surface area contributed by atoms with Crippen LogP contribution in [0.3, 0.4) is 0 Å². The average molecular weight is 240 g/mol. The Morgan fingerprint density at radius 2 is 2.18 bits per heavy atom. The van der Waals surface area contributed by atoms with Crippen LogP contribution in [0.1, 0.15) is 46.0 Å². The Bertz CT molecular complexity index is 238. The summed E-state index contributed by atoms with van der Waals surface area (Å²) in [6, 6.07) is 1.33. The van der Waals surface area contributed by atoms with Crippen molar-refractivity contribution in [3.8, 4) is 0 Å². The second-order valence-corrected chi connectivity index (χ2v) is 6.10. The first-order valence-electron chi connectivity index (χ1n) is 7.19. The fourth-order valence-corrected chi connectivity index (χ4v) is 2.82. The molecule has 2 fully saturated rings. The minimum Gasteiger partial charge on any atom is -0.375 e. The number of nitrogens with zero attached hydrogens (tertiary/aromatic N) is 1. The van der Waals surface area contributed by atoms with Gasteiger partial charge in [-0.25, -0.2) is 0 Å². The lowest BCUT2D eigenvalue weighted by molar-refractivity contribution is -0.135. The summed E-state index contributed by atoms with van der Waals surface area (Å²) in [5.74, 6) is 0. The molecule has 1 saturated carbocycles. The van der Waals surface area contributed by atoms with Gasteiger partial charge >= 0.3 is 0 Å². The molecule has 1 heterocycles. The van der Waals surface area contributed by atoms with Crippen LogP contribution in [0.2, 0.25) is 0 Å². The lowest BCUT2D eigenvalue weighted by Gasteiger charge is -2.47. The van der Waals surface area contributed by atoms with E-state index in [1.54, 1.807) is 0 Å². The van der Waals surface area contributed by atoms with E-state index in [1.807, 2.05) is 0 Å². The SMILES string of the molecule is CC(C)N(C)CCNC1CCOC2(CCC2)C1. The Hall–Kier alpha value is -0.120. The van der Waals surface area contributed by atoms with Crippen LogP contribution in [0, 0.1) is 0 Å². The lowest BCUT2D eigenvalue weighted by Crippen LogP contribution is -2.51. The maximum Gasteiger partial charge on any atom is 0.0697 e. The van der Waals surface area contributed by atoms with E-state index in [4.69, 9.17) is 4.74 Å². The third-order valence-electron chi connectivity index (χ3n) is 4.54. The minimum absolute atomic E-state index is 0.278. The molecule has 0 bridgehead atoms. The van der Waals surface area contributed by atoms with Crippen molar-refractivity contribution in [1.29, 1.82) is 0 Å². The van der Waals surface area contributed by atoms with Gasteiger partial charge in [-0.15, -0.1) is 0 Å². The van der Waals surface area contributed by atoms with Gasteiger partial charge in [-0.05, 0) is 53.0 Å². The molecule has 1 spiro atoms. The smallest absolute Gasteiger partial charge is 0.0697 e. The molecule has 0 radical (unpaired) electrons. The molecule has 1 N–H and O–H groups in total. The summed E-state index contributed by atoms with van der Waals surface area (Å²) in [5.41, 5.74) is 0.278. The third-order valence-corrected chi connectivity index (χ3v) is 4.54. The molecule has 17 heavy (non-hydrogen) atoms. The van der Waals surface area contributed by atoms with Gasteiger partial charge < -0.3 is 15.0 Å². The van der Waals surface area contributed by atoms with Crippen LogP contribution in [-0.4, -0.2) is 49.3 Å². The molecule has 0 aromatic heterocycles. The quantitative estimate of drug-likeness (QED) is 0.795. The van der Waals surface area contributed by atoms with Crippen molar-refractivity contribution in [2.24, 2.45) is 0 Å². The van der Waals surface area contributed by atoms with Crippen LogP contribution in [0.15, 0.2) is 0 Å².